The minimum absolute atomic E-state index is 0.0354. The highest BCUT2D eigenvalue weighted by Gasteiger charge is 2.17. The van der Waals surface area contributed by atoms with Crippen molar-refractivity contribution in [3.05, 3.63) is 33.9 Å². The van der Waals surface area contributed by atoms with Gasteiger partial charge < -0.3 is 20.1 Å². The summed E-state index contributed by atoms with van der Waals surface area (Å²) in [7, 11) is 0. The van der Waals surface area contributed by atoms with Crippen LogP contribution in [0.3, 0.4) is 0 Å². The van der Waals surface area contributed by atoms with Crippen LogP contribution in [-0.4, -0.2) is 37.0 Å². The van der Waals surface area contributed by atoms with Crippen molar-refractivity contribution in [1.82, 2.24) is 5.32 Å². The van der Waals surface area contributed by atoms with Gasteiger partial charge in [-0.3, -0.25) is 10.1 Å². The number of rotatable bonds is 4. The molecule has 0 spiro atoms. The summed E-state index contributed by atoms with van der Waals surface area (Å²) in [5, 5.41) is 16.0. The van der Waals surface area contributed by atoms with Crippen molar-refractivity contribution in [2.75, 3.05) is 25.1 Å². The fraction of sp³-hybridized carbons (Fsp3) is 0.462. The van der Waals surface area contributed by atoms with E-state index in [0.717, 1.165) is 6.42 Å². The van der Waals surface area contributed by atoms with E-state index in [0.29, 0.717) is 24.5 Å². The third kappa shape index (κ3) is 4.14. The van der Waals surface area contributed by atoms with Crippen LogP contribution in [0.5, 0.6) is 0 Å². The van der Waals surface area contributed by atoms with Gasteiger partial charge >= 0.3 is 6.03 Å². The van der Waals surface area contributed by atoms with Crippen molar-refractivity contribution in [2.24, 2.45) is 0 Å². The number of hydrogen-bond donors (Lipinski definition) is 2. The molecule has 0 bridgehead atoms. The van der Waals surface area contributed by atoms with Crippen LogP contribution in [0.25, 0.3) is 0 Å². The van der Waals surface area contributed by atoms with Crippen molar-refractivity contribution in [2.45, 2.75) is 19.6 Å². The Bertz CT molecular complexity index is 529. The molecule has 0 radical (unpaired) electrons. The molecule has 8 nitrogen and oxygen atoms in total. The zero-order chi connectivity index (χ0) is 15.2. The SMILES string of the molecule is Cc1c(NC(=O)NCC2OCCCO2)cccc1[N+](=O)[O-]. The Kier molecular flexibility index (Phi) is 5.07. The fourth-order valence-corrected chi connectivity index (χ4v) is 1.95. The second kappa shape index (κ2) is 7.00. The van der Waals surface area contributed by atoms with E-state index in [1.807, 2.05) is 0 Å². The van der Waals surface area contributed by atoms with Gasteiger partial charge in [-0.05, 0) is 19.4 Å². The Labute approximate surface area is 121 Å². The van der Waals surface area contributed by atoms with E-state index in [9.17, 15) is 14.9 Å². The van der Waals surface area contributed by atoms with Gasteiger partial charge in [-0.15, -0.1) is 0 Å². The lowest BCUT2D eigenvalue weighted by Crippen LogP contribution is -2.39. The van der Waals surface area contributed by atoms with Crippen molar-refractivity contribution < 1.29 is 19.2 Å². The number of ether oxygens (including phenoxy) is 2. The molecule has 2 amide bonds. The highest BCUT2D eigenvalue weighted by molar-refractivity contribution is 5.90. The van der Waals surface area contributed by atoms with Crippen LogP contribution in [0.1, 0.15) is 12.0 Å². The van der Waals surface area contributed by atoms with E-state index >= 15 is 0 Å². The lowest BCUT2D eigenvalue weighted by molar-refractivity contribution is -0.385. The van der Waals surface area contributed by atoms with E-state index in [1.165, 1.54) is 12.1 Å². The molecular weight excluding hydrogens is 278 g/mol. The van der Waals surface area contributed by atoms with E-state index in [-0.39, 0.29) is 12.2 Å². The molecule has 0 atom stereocenters. The fourth-order valence-electron chi connectivity index (χ4n) is 1.95. The maximum atomic E-state index is 11.8. The number of benzene rings is 1. The highest BCUT2D eigenvalue weighted by Crippen LogP contribution is 2.24. The minimum atomic E-state index is -0.484. The number of urea groups is 1. The molecule has 0 unspecified atom stereocenters. The average Bonchev–Trinajstić information content (AvgIpc) is 2.48. The van der Waals surface area contributed by atoms with Crippen LogP contribution in [0.15, 0.2) is 18.2 Å². The lowest BCUT2D eigenvalue weighted by atomic mass is 10.1. The van der Waals surface area contributed by atoms with Gasteiger partial charge in [-0.1, -0.05) is 6.07 Å². The summed E-state index contributed by atoms with van der Waals surface area (Å²) in [6, 6.07) is 4.06. The van der Waals surface area contributed by atoms with E-state index < -0.39 is 17.2 Å². The first kappa shape index (κ1) is 15.2. The standard InChI is InChI=1S/C13H17N3O5/c1-9-10(4-2-5-11(9)16(18)19)15-13(17)14-8-12-20-6-3-7-21-12/h2,4-5,12H,3,6-8H2,1H3,(H2,14,15,17). The first-order valence-electron chi connectivity index (χ1n) is 6.60. The summed E-state index contributed by atoms with van der Waals surface area (Å²) < 4.78 is 10.6. The van der Waals surface area contributed by atoms with Gasteiger partial charge in [0.15, 0.2) is 6.29 Å². The molecule has 1 aromatic carbocycles. The summed E-state index contributed by atoms with van der Waals surface area (Å²) in [6.07, 6.45) is 0.394. The summed E-state index contributed by atoms with van der Waals surface area (Å²) in [4.78, 5) is 22.1. The number of nitro benzene ring substituents is 1. The average molecular weight is 295 g/mol. The number of nitrogens with one attached hydrogen (secondary N) is 2. The molecule has 1 fully saturated rings. The van der Waals surface area contributed by atoms with Crippen molar-refractivity contribution in [1.29, 1.82) is 0 Å². The minimum Gasteiger partial charge on any atom is -0.351 e. The van der Waals surface area contributed by atoms with Crippen molar-refractivity contribution in [3.8, 4) is 0 Å². The van der Waals surface area contributed by atoms with E-state index in [1.54, 1.807) is 13.0 Å². The zero-order valence-corrected chi connectivity index (χ0v) is 11.6. The summed E-state index contributed by atoms with van der Waals surface area (Å²) in [5.74, 6) is 0. The van der Waals surface area contributed by atoms with Crippen LogP contribution >= 0.6 is 0 Å². The third-order valence-electron chi connectivity index (χ3n) is 3.08. The Morgan fingerprint density at radius 2 is 2.14 bits per heavy atom. The number of carbonyl (C=O) groups excluding carboxylic acids is 1. The number of amides is 2. The second-order valence-electron chi connectivity index (χ2n) is 4.57. The van der Waals surface area contributed by atoms with Gasteiger partial charge in [0.05, 0.1) is 35.9 Å². The monoisotopic (exact) mass is 295 g/mol. The van der Waals surface area contributed by atoms with Crippen LogP contribution in [0.4, 0.5) is 16.2 Å². The molecule has 1 aromatic rings. The highest BCUT2D eigenvalue weighted by atomic mass is 16.7. The first-order chi connectivity index (χ1) is 10.1. The molecule has 2 rings (SSSR count). The molecular formula is C13H17N3O5. The number of anilines is 1. The molecule has 2 N–H and O–H groups in total. The molecule has 21 heavy (non-hydrogen) atoms. The van der Waals surface area contributed by atoms with Gasteiger partial charge in [-0.25, -0.2) is 4.79 Å². The molecule has 1 saturated heterocycles. The van der Waals surface area contributed by atoms with Crippen molar-refractivity contribution in [3.63, 3.8) is 0 Å². The number of nitro groups is 1. The Hall–Kier alpha value is -2.19. The molecule has 0 aliphatic carbocycles. The van der Waals surface area contributed by atoms with Crippen LogP contribution in [0.2, 0.25) is 0 Å². The summed E-state index contributed by atoms with van der Waals surface area (Å²) in [5.41, 5.74) is 0.766. The molecule has 0 aromatic heterocycles. The normalized spacial score (nSPS) is 15.5. The van der Waals surface area contributed by atoms with E-state index in [2.05, 4.69) is 10.6 Å². The van der Waals surface area contributed by atoms with Gasteiger partial charge in [0.25, 0.3) is 5.69 Å². The number of hydrogen-bond acceptors (Lipinski definition) is 5. The third-order valence-corrected chi connectivity index (χ3v) is 3.08. The van der Waals surface area contributed by atoms with Gasteiger partial charge in [0.2, 0.25) is 0 Å². The quantitative estimate of drug-likeness (QED) is 0.651. The molecule has 8 heteroatoms. The zero-order valence-electron chi connectivity index (χ0n) is 11.6. The Morgan fingerprint density at radius 1 is 1.43 bits per heavy atom. The van der Waals surface area contributed by atoms with Gasteiger partial charge in [-0.2, -0.15) is 0 Å². The summed E-state index contributed by atoms with van der Waals surface area (Å²) in [6.45, 7) is 3.02. The Balaban J connectivity index is 1.90. The number of carbonyl (C=O) groups is 1. The van der Waals surface area contributed by atoms with Crippen molar-refractivity contribution >= 4 is 17.4 Å². The molecule has 1 aliphatic rings. The number of nitrogens with zero attached hydrogens (tertiary/aromatic N) is 1. The largest absolute Gasteiger partial charge is 0.351 e. The van der Waals surface area contributed by atoms with Crippen LogP contribution in [0, 0.1) is 17.0 Å². The molecule has 0 saturated carbocycles. The first-order valence-corrected chi connectivity index (χ1v) is 6.60. The topological polar surface area (TPSA) is 103 Å². The predicted octanol–water partition coefficient (Wildman–Crippen LogP) is 1.79. The second-order valence-corrected chi connectivity index (χ2v) is 4.57. The Morgan fingerprint density at radius 3 is 2.81 bits per heavy atom. The van der Waals surface area contributed by atoms with Crippen LogP contribution < -0.4 is 10.6 Å². The lowest BCUT2D eigenvalue weighted by Gasteiger charge is -2.23. The molecule has 1 aliphatic heterocycles. The predicted molar refractivity (Wildman–Crippen MR) is 75.2 cm³/mol. The van der Waals surface area contributed by atoms with E-state index in [4.69, 9.17) is 9.47 Å². The maximum Gasteiger partial charge on any atom is 0.319 e. The van der Waals surface area contributed by atoms with Gasteiger partial charge in [0, 0.05) is 6.07 Å². The van der Waals surface area contributed by atoms with Gasteiger partial charge in [0.1, 0.15) is 0 Å². The molecule has 114 valence electrons. The van der Waals surface area contributed by atoms with Crippen LogP contribution in [-0.2, 0) is 9.47 Å². The molecule has 1 heterocycles. The maximum absolute atomic E-state index is 11.8. The smallest absolute Gasteiger partial charge is 0.319 e. The summed E-state index contributed by atoms with van der Waals surface area (Å²) >= 11 is 0.